The lowest BCUT2D eigenvalue weighted by Crippen LogP contribution is -2.42. The molecule has 1 aliphatic heterocycles. The van der Waals surface area contributed by atoms with Crippen LogP contribution in [0, 0.1) is 5.92 Å². The minimum Gasteiger partial charge on any atom is -0.462 e. The first-order chi connectivity index (χ1) is 12.5. The van der Waals surface area contributed by atoms with Crippen molar-refractivity contribution < 1.29 is 19.4 Å². The summed E-state index contributed by atoms with van der Waals surface area (Å²) >= 11 is 1.51. The number of piperidine rings is 1. The van der Waals surface area contributed by atoms with Crippen molar-refractivity contribution in [2.75, 3.05) is 31.6 Å². The number of carbonyl (C=O) groups is 2. The number of likely N-dealkylation sites (tertiary alicyclic amines) is 1. The summed E-state index contributed by atoms with van der Waals surface area (Å²) in [6.45, 7) is 5.90. The molecule has 2 aliphatic rings. The quantitative estimate of drug-likeness (QED) is 0.767. The molecule has 26 heavy (non-hydrogen) atoms. The molecule has 2 unspecified atom stereocenters. The highest BCUT2D eigenvalue weighted by Gasteiger charge is 2.29. The third-order valence-electron chi connectivity index (χ3n) is 5.09. The molecule has 0 aromatic carbocycles. The van der Waals surface area contributed by atoms with Crippen molar-refractivity contribution in [3.05, 3.63) is 16.0 Å². The topological polar surface area (TPSA) is 78.9 Å². The zero-order valence-electron chi connectivity index (χ0n) is 15.5. The summed E-state index contributed by atoms with van der Waals surface area (Å²) in [6.07, 6.45) is 4.18. The number of nitrogens with one attached hydrogen (secondary N) is 1. The Bertz CT molecular complexity index is 673. The normalized spacial score (nSPS) is 23.3. The Morgan fingerprint density at radius 3 is 2.92 bits per heavy atom. The van der Waals surface area contributed by atoms with Crippen molar-refractivity contribution in [3.8, 4) is 0 Å². The summed E-state index contributed by atoms with van der Waals surface area (Å²) in [5.74, 6) is 0.106. The van der Waals surface area contributed by atoms with Crippen molar-refractivity contribution in [2.24, 2.45) is 5.92 Å². The van der Waals surface area contributed by atoms with E-state index < -0.39 is 0 Å². The van der Waals surface area contributed by atoms with Gasteiger partial charge in [0.25, 0.3) is 0 Å². The number of rotatable bonds is 5. The van der Waals surface area contributed by atoms with Crippen LogP contribution in [0.5, 0.6) is 0 Å². The number of hydrogen-bond donors (Lipinski definition) is 2. The third kappa shape index (κ3) is 4.45. The fourth-order valence-electron chi connectivity index (χ4n) is 3.80. The molecule has 1 saturated heterocycles. The van der Waals surface area contributed by atoms with Gasteiger partial charge in [0.1, 0.15) is 5.00 Å². The molecule has 6 nitrogen and oxygen atoms in total. The van der Waals surface area contributed by atoms with E-state index in [1.54, 1.807) is 6.92 Å². The molecule has 0 radical (unpaired) electrons. The number of hydrogen-bond acceptors (Lipinski definition) is 6. The number of carbonyl (C=O) groups excluding carboxylic acids is 2. The number of nitrogens with zero attached hydrogens (tertiary/aromatic N) is 1. The van der Waals surface area contributed by atoms with Gasteiger partial charge in [-0.3, -0.25) is 9.69 Å². The molecule has 1 fully saturated rings. The molecule has 1 amide bonds. The Balaban J connectivity index is 1.75. The van der Waals surface area contributed by atoms with Crippen LogP contribution in [-0.2, 0) is 22.4 Å². The molecule has 2 heterocycles. The largest absolute Gasteiger partial charge is 0.462 e. The molecule has 3 rings (SSSR count). The van der Waals surface area contributed by atoms with Gasteiger partial charge in [0.2, 0.25) is 5.91 Å². The van der Waals surface area contributed by atoms with E-state index >= 15 is 0 Å². The van der Waals surface area contributed by atoms with E-state index in [1.165, 1.54) is 16.2 Å². The van der Waals surface area contributed by atoms with Crippen LogP contribution in [0.2, 0.25) is 0 Å². The van der Waals surface area contributed by atoms with Crippen LogP contribution in [0.3, 0.4) is 0 Å². The maximum absolute atomic E-state index is 12.5. The second kappa shape index (κ2) is 8.50. The third-order valence-corrected chi connectivity index (χ3v) is 6.26. The molecule has 1 aliphatic carbocycles. The molecule has 0 bridgehead atoms. The monoisotopic (exact) mass is 380 g/mol. The first-order valence-electron chi connectivity index (χ1n) is 9.49. The smallest absolute Gasteiger partial charge is 0.341 e. The average Bonchev–Trinajstić information content (AvgIpc) is 2.91. The Hall–Kier alpha value is -1.44. The molecular formula is C19H28N2O4S. The number of aliphatic hydroxyl groups is 1. The maximum Gasteiger partial charge on any atom is 0.341 e. The lowest BCUT2D eigenvalue weighted by atomic mass is 9.88. The number of esters is 1. The van der Waals surface area contributed by atoms with Crippen LogP contribution in [0.15, 0.2) is 0 Å². The maximum atomic E-state index is 12.5. The SMILES string of the molecule is CCOC(=O)c1c(NC(=O)CN2CCCC(O)C2)sc2c1CCC(C)C2. The van der Waals surface area contributed by atoms with E-state index in [-0.39, 0.29) is 24.5 Å². The first kappa shape index (κ1) is 19.3. The highest BCUT2D eigenvalue weighted by molar-refractivity contribution is 7.17. The van der Waals surface area contributed by atoms with Crippen molar-refractivity contribution >= 4 is 28.2 Å². The van der Waals surface area contributed by atoms with Gasteiger partial charge in [0.15, 0.2) is 0 Å². The van der Waals surface area contributed by atoms with Crippen LogP contribution < -0.4 is 5.32 Å². The number of fused-ring (bicyclic) bond motifs is 1. The number of anilines is 1. The number of ether oxygens (including phenoxy) is 1. The lowest BCUT2D eigenvalue weighted by molar-refractivity contribution is -0.117. The van der Waals surface area contributed by atoms with E-state index in [0.29, 0.717) is 29.6 Å². The van der Waals surface area contributed by atoms with Crippen molar-refractivity contribution in [1.29, 1.82) is 0 Å². The highest BCUT2D eigenvalue weighted by Crippen LogP contribution is 2.40. The Morgan fingerprint density at radius 2 is 2.19 bits per heavy atom. The summed E-state index contributed by atoms with van der Waals surface area (Å²) in [5, 5.41) is 13.3. The van der Waals surface area contributed by atoms with E-state index in [4.69, 9.17) is 4.74 Å². The van der Waals surface area contributed by atoms with Crippen LogP contribution in [0.1, 0.15) is 53.9 Å². The van der Waals surface area contributed by atoms with Crippen molar-refractivity contribution in [1.82, 2.24) is 4.90 Å². The number of aliphatic hydroxyl groups excluding tert-OH is 1. The Labute approximate surface area is 158 Å². The molecule has 0 spiro atoms. The average molecular weight is 381 g/mol. The molecule has 1 aromatic rings. The van der Waals surface area contributed by atoms with Gasteiger partial charge in [-0.1, -0.05) is 6.92 Å². The summed E-state index contributed by atoms with van der Waals surface area (Å²) in [4.78, 5) is 28.2. The zero-order valence-corrected chi connectivity index (χ0v) is 16.4. The molecule has 144 valence electrons. The van der Waals surface area contributed by atoms with Crippen LogP contribution in [0.25, 0.3) is 0 Å². The van der Waals surface area contributed by atoms with Crippen LogP contribution in [-0.4, -0.2) is 54.2 Å². The number of thiophene rings is 1. The lowest BCUT2D eigenvalue weighted by Gasteiger charge is -2.29. The standard InChI is InChI=1S/C19H28N2O4S/c1-3-25-19(24)17-14-7-6-12(2)9-15(14)26-18(17)20-16(23)11-21-8-4-5-13(22)10-21/h12-13,22H,3-11H2,1-2H3,(H,20,23). The molecule has 2 atom stereocenters. The molecule has 0 saturated carbocycles. The highest BCUT2D eigenvalue weighted by atomic mass is 32.1. The minimum atomic E-state index is -0.359. The van der Waals surface area contributed by atoms with Gasteiger partial charge in [0, 0.05) is 11.4 Å². The summed E-state index contributed by atoms with van der Waals surface area (Å²) in [7, 11) is 0. The second-order valence-electron chi connectivity index (χ2n) is 7.36. The molecule has 1 aromatic heterocycles. The van der Waals surface area contributed by atoms with Crippen molar-refractivity contribution in [3.63, 3.8) is 0 Å². The van der Waals surface area contributed by atoms with Gasteiger partial charge in [-0.2, -0.15) is 0 Å². The number of β-amino-alcohol motifs (C(OH)–C–C–N with tert-alkyl or cyclic N) is 1. The fourth-order valence-corrected chi connectivity index (χ4v) is 5.22. The van der Waals surface area contributed by atoms with E-state index in [2.05, 4.69) is 12.2 Å². The predicted octanol–water partition coefficient (Wildman–Crippen LogP) is 2.44. The predicted molar refractivity (Wildman–Crippen MR) is 102 cm³/mol. The second-order valence-corrected chi connectivity index (χ2v) is 8.46. The van der Waals surface area contributed by atoms with Crippen LogP contribution >= 0.6 is 11.3 Å². The van der Waals surface area contributed by atoms with E-state index in [1.807, 2.05) is 4.90 Å². The van der Waals surface area contributed by atoms with E-state index in [0.717, 1.165) is 44.2 Å². The van der Waals surface area contributed by atoms with Crippen LogP contribution in [0.4, 0.5) is 5.00 Å². The number of amides is 1. The van der Waals surface area contributed by atoms with Gasteiger partial charge in [-0.15, -0.1) is 11.3 Å². The summed E-state index contributed by atoms with van der Waals surface area (Å²) in [5.41, 5.74) is 1.60. The van der Waals surface area contributed by atoms with Crippen molar-refractivity contribution in [2.45, 2.75) is 52.1 Å². The van der Waals surface area contributed by atoms with E-state index in [9.17, 15) is 14.7 Å². The van der Waals surface area contributed by atoms with Gasteiger partial charge in [-0.25, -0.2) is 4.79 Å². The Kier molecular flexibility index (Phi) is 6.32. The van der Waals surface area contributed by atoms with Gasteiger partial charge in [0.05, 0.1) is 24.8 Å². The summed E-state index contributed by atoms with van der Waals surface area (Å²) in [6, 6.07) is 0. The van der Waals surface area contributed by atoms with Gasteiger partial charge in [-0.05, 0) is 57.1 Å². The fraction of sp³-hybridized carbons (Fsp3) is 0.684. The van der Waals surface area contributed by atoms with Gasteiger partial charge >= 0.3 is 5.97 Å². The zero-order chi connectivity index (χ0) is 18.7. The summed E-state index contributed by atoms with van der Waals surface area (Å²) < 4.78 is 5.24. The first-order valence-corrected chi connectivity index (χ1v) is 10.3. The molecular weight excluding hydrogens is 352 g/mol. The van der Waals surface area contributed by atoms with Gasteiger partial charge < -0.3 is 15.2 Å². The minimum absolute atomic E-state index is 0.142. The molecule has 2 N–H and O–H groups in total. The molecule has 7 heteroatoms. The Morgan fingerprint density at radius 1 is 1.38 bits per heavy atom.